The number of halogens is 1. The van der Waals surface area contributed by atoms with Crippen LogP contribution in [0.1, 0.15) is 6.42 Å². The standard InChI is InChI=1S/C18H15ClN2O4/c19-12-1-4-14(5-2-12)21-9-11(7-17(21)22)18(23)20-13-3-6-15-16(8-13)25-10-24-15/h1-6,8,11H,7,9-10H2,(H,20,23). The molecule has 25 heavy (non-hydrogen) atoms. The number of benzene rings is 2. The van der Waals surface area contributed by atoms with Gasteiger partial charge in [0.05, 0.1) is 5.92 Å². The molecule has 4 rings (SSSR count). The van der Waals surface area contributed by atoms with Crippen LogP contribution in [0.25, 0.3) is 0 Å². The third-order valence-electron chi connectivity index (χ3n) is 4.27. The number of anilines is 2. The number of nitrogens with one attached hydrogen (secondary N) is 1. The molecule has 0 aromatic heterocycles. The Labute approximate surface area is 149 Å². The van der Waals surface area contributed by atoms with Gasteiger partial charge in [-0.25, -0.2) is 0 Å². The fraction of sp³-hybridized carbons (Fsp3) is 0.222. The quantitative estimate of drug-likeness (QED) is 0.915. The van der Waals surface area contributed by atoms with Gasteiger partial charge in [-0.1, -0.05) is 11.6 Å². The van der Waals surface area contributed by atoms with Crippen molar-refractivity contribution in [1.29, 1.82) is 0 Å². The summed E-state index contributed by atoms with van der Waals surface area (Å²) in [5, 5.41) is 3.44. The van der Waals surface area contributed by atoms with Crippen molar-refractivity contribution in [2.45, 2.75) is 6.42 Å². The van der Waals surface area contributed by atoms with Crippen LogP contribution >= 0.6 is 11.6 Å². The second kappa shape index (κ2) is 6.29. The molecular weight excluding hydrogens is 344 g/mol. The molecular formula is C18H15ClN2O4. The molecule has 7 heteroatoms. The zero-order chi connectivity index (χ0) is 17.4. The average Bonchev–Trinajstić information content (AvgIpc) is 3.22. The van der Waals surface area contributed by atoms with E-state index in [0.29, 0.717) is 28.8 Å². The zero-order valence-corrected chi connectivity index (χ0v) is 14.0. The molecule has 1 unspecified atom stereocenters. The van der Waals surface area contributed by atoms with Crippen LogP contribution in [0.5, 0.6) is 11.5 Å². The van der Waals surface area contributed by atoms with Gasteiger partial charge in [-0.2, -0.15) is 0 Å². The number of fused-ring (bicyclic) bond motifs is 1. The largest absolute Gasteiger partial charge is 0.454 e. The Balaban J connectivity index is 1.44. The van der Waals surface area contributed by atoms with Gasteiger partial charge in [-0.3, -0.25) is 9.59 Å². The highest BCUT2D eigenvalue weighted by Crippen LogP contribution is 2.34. The van der Waals surface area contributed by atoms with E-state index in [9.17, 15) is 9.59 Å². The molecule has 2 aliphatic heterocycles. The average molecular weight is 359 g/mol. The predicted molar refractivity (Wildman–Crippen MR) is 93.1 cm³/mol. The Hall–Kier alpha value is -2.73. The van der Waals surface area contributed by atoms with Gasteiger partial charge >= 0.3 is 0 Å². The maximum Gasteiger partial charge on any atom is 0.231 e. The van der Waals surface area contributed by atoms with E-state index in [2.05, 4.69) is 5.32 Å². The van der Waals surface area contributed by atoms with Gasteiger partial charge in [-0.15, -0.1) is 0 Å². The lowest BCUT2D eigenvalue weighted by Gasteiger charge is -2.16. The minimum Gasteiger partial charge on any atom is -0.454 e. The molecule has 0 bridgehead atoms. The number of ether oxygens (including phenoxy) is 2. The van der Waals surface area contributed by atoms with Crippen molar-refractivity contribution in [1.82, 2.24) is 0 Å². The van der Waals surface area contributed by atoms with Gasteiger partial charge in [0.2, 0.25) is 18.6 Å². The van der Waals surface area contributed by atoms with E-state index < -0.39 is 5.92 Å². The number of hydrogen-bond donors (Lipinski definition) is 1. The third-order valence-corrected chi connectivity index (χ3v) is 4.53. The maximum atomic E-state index is 12.5. The Morgan fingerprint density at radius 2 is 1.88 bits per heavy atom. The fourth-order valence-electron chi connectivity index (χ4n) is 2.97. The van der Waals surface area contributed by atoms with Gasteiger partial charge in [-0.05, 0) is 36.4 Å². The lowest BCUT2D eigenvalue weighted by molar-refractivity contribution is -0.122. The van der Waals surface area contributed by atoms with Crippen molar-refractivity contribution < 1.29 is 19.1 Å². The molecule has 2 aromatic carbocycles. The summed E-state index contributed by atoms with van der Waals surface area (Å²) < 4.78 is 10.5. The van der Waals surface area contributed by atoms with Gasteiger partial charge in [0.1, 0.15) is 0 Å². The molecule has 1 fully saturated rings. The normalized spacial score (nSPS) is 18.5. The van der Waals surface area contributed by atoms with E-state index >= 15 is 0 Å². The Morgan fingerprint density at radius 1 is 1.12 bits per heavy atom. The van der Waals surface area contributed by atoms with E-state index in [1.54, 1.807) is 47.4 Å². The highest BCUT2D eigenvalue weighted by Gasteiger charge is 2.35. The van der Waals surface area contributed by atoms with Crippen molar-refractivity contribution in [2.24, 2.45) is 5.92 Å². The Kier molecular flexibility index (Phi) is 3.97. The minimum atomic E-state index is -0.409. The zero-order valence-electron chi connectivity index (χ0n) is 13.2. The molecule has 2 aromatic rings. The van der Waals surface area contributed by atoms with Crippen LogP contribution in [-0.2, 0) is 9.59 Å². The van der Waals surface area contributed by atoms with E-state index in [0.717, 1.165) is 5.69 Å². The summed E-state index contributed by atoms with van der Waals surface area (Å²) in [6, 6.07) is 12.2. The molecule has 2 amide bonds. The second-order valence-electron chi connectivity index (χ2n) is 5.94. The summed E-state index contributed by atoms with van der Waals surface area (Å²) in [6.45, 7) is 0.525. The van der Waals surface area contributed by atoms with Gasteiger partial charge < -0.3 is 19.7 Å². The lowest BCUT2D eigenvalue weighted by atomic mass is 10.1. The Morgan fingerprint density at radius 3 is 2.68 bits per heavy atom. The van der Waals surface area contributed by atoms with Crippen LogP contribution in [0.2, 0.25) is 5.02 Å². The van der Waals surface area contributed by atoms with Crippen LogP contribution < -0.4 is 19.7 Å². The molecule has 128 valence electrons. The Bertz CT molecular complexity index is 837. The third kappa shape index (κ3) is 3.13. The summed E-state index contributed by atoms with van der Waals surface area (Å²) in [4.78, 5) is 26.4. The topological polar surface area (TPSA) is 67.9 Å². The van der Waals surface area contributed by atoms with Crippen LogP contribution in [0.4, 0.5) is 11.4 Å². The predicted octanol–water partition coefficient (Wildman–Crippen LogP) is 3.06. The number of carbonyl (C=O) groups excluding carboxylic acids is 2. The second-order valence-corrected chi connectivity index (χ2v) is 6.38. The molecule has 1 atom stereocenters. The first-order chi connectivity index (χ1) is 12.1. The van der Waals surface area contributed by atoms with Crippen molar-refractivity contribution in [3.05, 3.63) is 47.5 Å². The van der Waals surface area contributed by atoms with Crippen molar-refractivity contribution in [2.75, 3.05) is 23.6 Å². The van der Waals surface area contributed by atoms with Crippen LogP contribution in [0.3, 0.4) is 0 Å². The molecule has 2 aliphatic rings. The van der Waals surface area contributed by atoms with E-state index in [-0.39, 0.29) is 25.0 Å². The number of rotatable bonds is 3. The maximum absolute atomic E-state index is 12.5. The van der Waals surface area contributed by atoms with Crippen LogP contribution in [0, 0.1) is 5.92 Å². The van der Waals surface area contributed by atoms with Crippen molar-refractivity contribution >= 4 is 34.8 Å². The van der Waals surface area contributed by atoms with Crippen LogP contribution in [-0.4, -0.2) is 25.2 Å². The SMILES string of the molecule is O=C(Nc1ccc2c(c1)OCO2)C1CC(=O)N(c2ccc(Cl)cc2)C1. The smallest absolute Gasteiger partial charge is 0.231 e. The lowest BCUT2D eigenvalue weighted by Crippen LogP contribution is -2.28. The monoisotopic (exact) mass is 358 g/mol. The molecule has 0 radical (unpaired) electrons. The summed E-state index contributed by atoms with van der Waals surface area (Å²) in [6.07, 6.45) is 0.180. The van der Waals surface area contributed by atoms with Crippen LogP contribution in [0.15, 0.2) is 42.5 Å². The molecule has 0 aliphatic carbocycles. The van der Waals surface area contributed by atoms with E-state index in [4.69, 9.17) is 21.1 Å². The molecule has 2 heterocycles. The highest BCUT2D eigenvalue weighted by atomic mass is 35.5. The number of carbonyl (C=O) groups is 2. The summed E-state index contributed by atoms with van der Waals surface area (Å²) in [5.41, 5.74) is 1.36. The van der Waals surface area contributed by atoms with Crippen molar-refractivity contribution in [3.8, 4) is 11.5 Å². The first kappa shape index (κ1) is 15.8. The fourth-order valence-corrected chi connectivity index (χ4v) is 3.10. The molecule has 1 saturated heterocycles. The van der Waals surface area contributed by atoms with E-state index in [1.807, 2.05) is 0 Å². The number of nitrogens with zero attached hydrogens (tertiary/aromatic N) is 1. The minimum absolute atomic E-state index is 0.0758. The number of amides is 2. The molecule has 0 saturated carbocycles. The van der Waals surface area contributed by atoms with Gasteiger partial charge in [0.15, 0.2) is 11.5 Å². The van der Waals surface area contributed by atoms with E-state index in [1.165, 1.54) is 0 Å². The molecule has 6 nitrogen and oxygen atoms in total. The molecule has 0 spiro atoms. The number of hydrogen-bond acceptors (Lipinski definition) is 4. The first-order valence-electron chi connectivity index (χ1n) is 7.86. The van der Waals surface area contributed by atoms with Crippen molar-refractivity contribution in [3.63, 3.8) is 0 Å². The van der Waals surface area contributed by atoms with Gasteiger partial charge in [0, 0.05) is 35.4 Å². The van der Waals surface area contributed by atoms with Gasteiger partial charge in [0.25, 0.3) is 0 Å². The highest BCUT2D eigenvalue weighted by molar-refractivity contribution is 6.30. The summed E-state index contributed by atoms with van der Waals surface area (Å²) >= 11 is 5.88. The summed E-state index contributed by atoms with van der Waals surface area (Å²) in [7, 11) is 0. The molecule has 1 N–H and O–H groups in total. The summed E-state index contributed by atoms with van der Waals surface area (Å²) in [5.74, 6) is 0.580. The first-order valence-corrected chi connectivity index (χ1v) is 8.24.